The summed E-state index contributed by atoms with van der Waals surface area (Å²) < 4.78 is 0. The number of phenols is 1. The molecule has 0 aliphatic rings. The lowest BCUT2D eigenvalue weighted by Gasteiger charge is -2.29. The van der Waals surface area contributed by atoms with E-state index >= 15 is 0 Å². The summed E-state index contributed by atoms with van der Waals surface area (Å²) in [6, 6.07) is 3.87. The Balaban J connectivity index is 3.63. The average molecular weight is 294 g/mol. The largest absolute Gasteiger partial charge is 0.507 e. The van der Waals surface area contributed by atoms with Gasteiger partial charge in [-0.05, 0) is 27.5 Å². The first-order valence-electron chi connectivity index (χ1n) is 6.96. The number of hydrogen-bond donors (Lipinski definition) is 2. The molecule has 2 nitrogen and oxygen atoms in total. The fourth-order valence-electron chi connectivity index (χ4n) is 2.19. The molecule has 0 radical (unpaired) electrons. The van der Waals surface area contributed by atoms with Gasteiger partial charge in [-0.15, -0.1) is 12.6 Å². The van der Waals surface area contributed by atoms with Crippen molar-refractivity contribution < 1.29 is 9.90 Å². The summed E-state index contributed by atoms with van der Waals surface area (Å²) in [5, 5.41) is 10.4. The summed E-state index contributed by atoms with van der Waals surface area (Å²) in [4.78, 5) is 11.6. The topological polar surface area (TPSA) is 37.3 Å². The van der Waals surface area contributed by atoms with E-state index in [0.717, 1.165) is 16.7 Å². The lowest BCUT2D eigenvalue weighted by Crippen LogP contribution is -2.19. The Morgan fingerprint density at radius 1 is 1.05 bits per heavy atom. The number of phenolic OH excluding ortho intramolecular Hbond substituents is 1. The Morgan fingerprint density at radius 2 is 1.40 bits per heavy atom. The number of thiol groups is 1. The molecule has 1 unspecified atom stereocenters. The van der Waals surface area contributed by atoms with Crippen LogP contribution in [0, 0.1) is 0 Å². The van der Waals surface area contributed by atoms with Gasteiger partial charge in [0.05, 0.1) is 5.92 Å². The van der Waals surface area contributed by atoms with Crippen LogP contribution in [0.25, 0.3) is 0 Å². The van der Waals surface area contributed by atoms with Gasteiger partial charge in [-0.1, -0.05) is 60.6 Å². The summed E-state index contributed by atoms with van der Waals surface area (Å²) in [7, 11) is 0. The van der Waals surface area contributed by atoms with Gasteiger partial charge in [0.2, 0.25) is 0 Å². The maximum Gasteiger partial charge on any atom is 0.193 e. The first-order chi connectivity index (χ1) is 8.85. The highest BCUT2D eigenvalue weighted by Crippen LogP contribution is 2.41. The number of hydrogen-bond acceptors (Lipinski definition) is 2. The van der Waals surface area contributed by atoms with Gasteiger partial charge < -0.3 is 5.11 Å². The Hall–Kier alpha value is -0.960. The minimum atomic E-state index is -0.277. The van der Waals surface area contributed by atoms with Crippen LogP contribution in [0.5, 0.6) is 5.75 Å². The normalized spacial score (nSPS) is 14.2. The van der Waals surface area contributed by atoms with Crippen LogP contribution < -0.4 is 0 Å². The zero-order chi connectivity index (χ0) is 15.9. The van der Waals surface area contributed by atoms with Gasteiger partial charge in [-0.2, -0.15) is 0 Å². The first-order valence-corrected chi connectivity index (χ1v) is 7.41. The van der Waals surface area contributed by atoms with Crippen LogP contribution in [-0.2, 0) is 15.6 Å². The van der Waals surface area contributed by atoms with Crippen LogP contribution in [0.3, 0.4) is 0 Å². The first kappa shape index (κ1) is 17.1. The van der Waals surface area contributed by atoms with Crippen molar-refractivity contribution in [3.63, 3.8) is 0 Å². The summed E-state index contributed by atoms with van der Waals surface area (Å²) in [6.07, 6.45) is 0. The van der Waals surface area contributed by atoms with Gasteiger partial charge in [0.25, 0.3) is 0 Å². The smallest absolute Gasteiger partial charge is 0.193 e. The molecule has 0 aliphatic heterocycles. The van der Waals surface area contributed by atoms with E-state index < -0.39 is 0 Å². The zero-order valence-electron chi connectivity index (χ0n) is 13.5. The van der Waals surface area contributed by atoms with Gasteiger partial charge in [0.15, 0.2) is 5.12 Å². The fraction of sp³-hybridized carbons (Fsp3) is 0.588. The Morgan fingerprint density at radius 3 is 1.65 bits per heavy atom. The average Bonchev–Trinajstić information content (AvgIpc) is 2.24. The number of carbonyl (C=O) groups is 1. The van der Waals surface area contributed by atoms with Gasteiger partial charge >= 0.3 is 0 Å². The molecule has 0 fully saturated rings. The van der Waals surface area contributed by atoms with Gasteiger partial charge in [0.1, 0.15) is 5.75 Å². The molecule has 112 valence electrons. The standard InChI is InChI=1S/C17H26O2S/c1-10(15(19)20)11-8-12(16(2,3)4)14(18)13(9-11)17(5,6)7/h8-10,18H,1-7H3,(H,19,20). The second kappa shape index (κ2) is 5.44. The van der Waals surface area contributed by atoms with E-state index in [2.05, 4.69) is 54.2 Å². The zero-order valence-corrected chi connectivity index (χ0v) is 14.4. The molecule has 0 saturated carbocycles. The van der Waals surface area contributed by atoms with Crippen LogP contribution >= 0.6 is 12.6 Å². The van der Waals surface area contributed by atoms with Crippen molar-refractivity contribution >= 4 is 17.7 Å². The molecule has 20 heavy (non-hydrogen) atoms. The van der Waals surface area contributed by atoms with Crippen LogP contribution in [0.2, 0.25) is 0 Å². The Bertz CT molecular complexity index is 484. The number of rotatable bonds is 2. The molecule has 1 aromatic carbocycles. The van der Waals surface area contributed by atoms with Crippen molar-refractivity contribution in [3.8, 4) is 5.75 Å². The quantitative estimate of drug-likeness (QED) is 0.785. The fourth-order valence-corrected chi connectivity index (χ4v) is 2.34. The predicted octanol–water partition coefficient (Wildman–Crippen LogP) is 4.55. The van der Waals surface area contributed by atoms with Crippen LogP contribution in [0.15, 0.2) is 12.1 Å². The lowest BCUT2D eigenvalue weighted by atomic mass is 9.77. The highest BCUT2D eigenvalue weighted by molar-refractivity contribution is 7.96. The third-order valence-corrected chi connectivity index (χ3v) is 4.01. The third kappa shape index (κ3) is 3.57. The van der Waals surface area contributed by atoms with E-state index in [1.54, 1.807) is 0 Å². The minimum Gasteiger partial charge on any atom is -0.507 e. The van der Waals surface area contributed by atoms with E-state index in [0.29, 0.717) is 5.75 Å². The van der Waals surface area contributed by atoms with Gasteiger partial charge in [-0.25, -0.2) is 0 Å². The highest BCUT2D eigenvalue weighted by Gasteiger charge is 2.28. The number of aromatic hydroxyl groups is 1. The highest BCUT2D eigenvalue weighted by atomic mass is 32.1. The van der Waals surface area contributed by atoms with Crippen molar-refractivity contribution in [2.75, 3.05) is 0 Å². The molecule has 3 heteroatoms. The SMILES string of the molecule is CC(C(=O)S)c1cc(C(C)(C)C)c(O)c(C(C)(C)C)c1. The summed E-state index contributed by atoms with van der Waals surface area (Å²) >= 11 is 3.94. The molecule has 0 aliphatic carbocycles. The summed E-state index contributed by atoms with van der Waals surface area (Å²) in [5.41, 5.74) is 2.30. The van der Waals surface area contributed by atoms with Crippen molar-refractivity contribution in [3.05, 3.63) is 28.8 Å². The number of carbonyl (C=O) groups excluding carboxylic acids is 1. The van der Waals surface area contributed by atoms with E-state index in [1.165, 1.54) is 0 Å². The maximum atomic E-state index is 11.6. The molecule has 0 saturated heterocycles. The van der Waals surface area contributed by atoms with Crippen LogP contribution in [0.1, 0.15) is 71.1 Å². The molecule has 0 spiro atoms. The molecule has 1 aromatic rings. The van der Waals surface area contributed by atoms with E-state index in [-0.39, 0.29) is 21.9 Å². The summed E-state index contributed by atoms with van der Waals surface area (Å²) in [6.45, 7) is 14.2. The molecule has 0 bridgehead atoms. The van der Waals surface area contributed by atoms with Crippen LogP contribution in [0.4, 0.5) is 0 Å². The minimum absolute atomic E-state index is 0.157. The van der Waals surface area contributed by atoms with E-state index in [9.17, 15) is 9.90 Å². The second-order valence-corrected chi connectivity index (χ2v) is 7.97. The molecular formula is C17H26O2S. The van der Waals surface area contributed by atoms with Crippen molar-refractivity contribution in [2.24, 2.45) is 0 Å². The molecule has 1 atom stereocenters. The third-order valence-electron chi connectivity index (χ3n) is 3.62. The van der Waals surface area contributed by atoms with Gasteiger partial charge in [0, 0.05) is 0 Å². The lowest BCUT2D eigenvalue weighted by molar-refractivity contribution is -0.111. The molecule has 0 aromatic heterocycles. The van der Waals surface area contributed by atoms with Crippen molar-refractivity contribution in [1.29, 1.82) is 0 Å². The molecule has 0 heterocycles. The molecule has 0 amide bonds. The molecule has 1 N–H and O–H groups in total. The van der Waals surface area contributed by atoms with Crippen molar-refractivity contribution in [1.82, 2.24) is 0 Å². The monoisotopic (exact) mass is 294 g/mol. The van der Waals surface area contributed by atoms with Gasteiger partial charge in [-0.3, -0.25) is 4.79 Å². The molecule has 1 rings (SSSR count). The Labute approximate surface area is 128 Å². The van der Waals surface area contributed by atoms with E-state index in [1.807, 2.05) is 19.1 Å². The molecular weight excluding hydrogens is 268 g/mol. The summed E-state index contributed by atoms with van der Waals surface area (Å²) in [5.74, 6) is 0.0636. The maximum absolute atomic E-state index is 11.6. The second-order valence-electron chi connectivity index (χ2n) is 7.52. The predicted molar refractivity (Wildman–Crippen MR) is 87.9 cm³/mol. The Kier molecular flexibility index (Phi) is 4.65. The van der Waals surface area contributed by atoms with Crippen LogP contribution in [-0.4, -0.2) is 10.2 Å². The van der Waals surface area contributed by atoms with Crippen molar-refractivity contribution in [2.45, 2.75) is 65.2 Å². The number of benzene rings is 1. The van der Waals surface area contributed by atoms with E-state index in [4.69, 9.17) is 0 Å².